The normalized spacial score (nSPS) is 10.3. The van der Waals surface area contributed by atoms with Gasteiger partial charge < -0.3 is 21.1 Å². The molecule has 0 atom stereocenters. The number of anilines is 5. The van der Waals surface area contributed by atoms with Gasteiger partial charge in [-0.2, -0.15) is 0 Å². The van der Waals surface area contributed by atoms with E-state index in [0.717, 1.165) is 16.6 Å². The van der Waals surface area contributed by atoms with E-state index in [-0.39, 0.29) is 0 Å². The number of rotatable bonds is 6. The van der Waals surface area contributed by atoms with Crippen molar-refractivity contribution in [3.63, 3.8) is 0 Å². The Bertz CT molecular complexity index is 760. The summed E-state index contributed by atoms with van der Waals surface area (Å²) >= 11 is 1.47. The Morgan fingerprint density at radius 2 is 1.83 bits per heavy atom. The van der Waals surface area contributed by atoms with Crippen molar-refractivity contribution < 1.29 is 4.74 Å². The smallest absolute Gasteiger partial charge is 0.188 e. The summed E-state index contributed by atoms with van der Waals surface area (Å²) in [6.07, 6.45) is 3.16. The highest BCUT2D eigenvalue weighted by Crippen LogP contribution is 2.29. The van der Waals surface area contributed by atoms with Crippen LogP contribution in [-0.2, 0) is 0 Å². The fourth-order valence-corrected chi connectivity index (χ4v) is 2.45. The van der Waals surface area contributed by atoms with E-state index in [1.54, 1.807) is 6.20 Å². The standard InChI is InChI=1S/C15H16N6OS/c1-2-22-11-5-3-10(4-6-11)20-13-12(16)14(19-9-18-13)21-15-17-7-8-23-15/h3-9H,2,16H2,1H3,(H2,17,18,19,20,21). The number of nitrogens with two attached hydrogens (primary N) is 1. The zero-order valence-electron chi connectivity index (χ0n) is 12.5. The van der Waals surface area contributed by atoms with Gasteiger partial charge in [-0.25, -0.2) is 15.0 Å². The molecule has 0 aliphatic rings. The maximum Gasteiger partial charge on any atom is 0.188 e. The molecule has 0 amide bonds. The van der Waals surface area contributed by atoms with Crippen molar-refractivity contribution in [1.82, 2.24) is 15.0 Å². The van der Waals surface area contributed by atoms with Crippen LogP contribution >= 0.6 is 11.3 Å². The first-order chi connectivity index (χ1) is 11.3. The summed E-state index contributed by atoms with van der Waals surface area (Å²) in [5.41, 5.74) is 7.42. The Labute approximate surface area is 137 Å². The maximum atomic E-state index is 6.13. The van der Waals surface area contributed by atoms with Gasteiger partial charge in [0, 0.05) is 17.3 Å². The summed E-state index contributed by atoms with van der Waals surface area (Å²) in [6, 6.07) is 7.58. The van der Waals surface area contributed by atoms with Crippen molar-refractivity contribution in [2.24, 2.45) is 0 Å². The lowest BCUT2D eigenvalue weighted by molar-refractivity contribution is 0.340. The molecular formula is C15H16N6OS. The van der Waals surface area contributed by atoms with Crippen LogP contribution in [0, 0.1) is 0 Å². The highest BCUT2D eigenvalue weighted by atomic mass is 32.1. The van der Waals surface area contributed by atoms with Gasteiger partial charge >= 0.3 is 0 Å². The molecule has 0 saturated heterocycles. The zero-order valence-corrected chi connectivity index (χ0v) is 13.3. The number of nitrogens with one attached hydrogen (secondary N) is 2. The third kappa shape index (κ3) is 3.67. The number of ether oxygens (including phenoxy) is 1. The molecule has 23 heavy (non-hydrogen) atoms. The molecule has 3 aromatic rings. The summed E-state index contributed by atoms with van der Waals surface area (Å²) < 4.78 is 5.42. The molecule has 0 bridgehead atoms. The molecule has 4 N–H and O–H groups in total. The monoisotopic (exact) mass is 328 g/mol. The first kappa shape index (κ1) is 15.0. The quantitative estimate of drug-likeness (QED) is 0.638. The van der Waals surface area contributed by atoms with Crippen LogP contribution in [0.25, 0.3) is 0 Å². The highest BCUT2D eigenvalue weighted by molar-refractivity contribution is 7.13. The SMILES string of the molecule is CCOc1ccc(Nc2ncnc(Nc3nccs3)c2N)cc1. The maximum absolute atomic E-state index is 6.13. The van der Waals surface area contributed by atoms with Gasteiger partial charge in [-0.15, -0.1) is 11.3 Å². The van der Waals surface area contributed by atoms with Gasteiger partial charge in [-0.1, -0.05) is 0 Å². The van der Waals surface area contributed by atoms with Gasteiger partial charge in [-0.3, -0.25) is 0 Å². The second kappa shape index (κ2) is 6.93. The number of benzene rings is 1. The highest BCUT2D eigenvalue weighted by Gasteiger charge is 2.09. The lowest BCUT2D eigenvalue weighted by Gasteiger charge is -2.11. The number of nitrogen functional groups attached to an aromatic ring is 1. The molecular weight excluding hydrogens is 312 g/mol. The van der Waals surface area contributed by atoms with Crippen LogP contribution in [0.15, 0.2) is 42.2 Å². The first-order valence-corrected chi connectivity index (χ1v) is 7.91. The lowest BCUT2D eigenvalue weighted by Crippen LogP contribution is -2.05. The fourth-order valence-electron chi connectivity index (χ4n) is 1.92. The molecule has 3 rings (SSSR count). The molecule has 0 unspecified atom stereocenters. The van der Waals surface area contributed by atoms with Crippen molar-refractivity contribution in [2.75, 3.05) is 23.0 Å². The molecule has 0 radical (unpaired) electrons. The molecule has 2 heterocycles. The molecule has 118 valence electrons. The van der Waals surface area contributed by atoms with E-state index in [9.17, 15) is 0 Å². The van der Waals surface area contributed by atoms with Gasteiger partial charge in [0.2, 0.25) is 0 Å². The molecule has 8 heteroatoms. The summed E-state index contributed by atoms with van der Waals surface area (Å²) in [7, 11) is 0. The Balaban J connectivity index is 1.77. The van der Waals surface area contributed by atoms with Crippen molar-refractivity contribution in [1.29, 1.82) is 0 Å². The van der Waals surface area contributed by atoms with Crippen molar-refractivity contribution >= 4 is 39.5 Å². The third-order valence-corrected chi connectivity index (χ3v) is 3.66. The second-order valence-electron chi connectivity index (χ2n) is 4.53. The van der Waals surface area contributed by atoms with E-state index in [4.69, 9.17) is 10.5 Å². The van der Waals surface area contributed by atoms with E-state index in [2.05, 4.69) is 25.6 Å². The first-order valence-electron chi connectivity index (χ1n) is 7.03. The van der Waals surface area contributed by atoms with E-state index in [1.807, 2.05) is 36.6 Å². The van der Waals surface area contributed by atoms with Crippen LogP contribution in [0.3, 0.4) is 0 Å². The molecule has 0 aliphatic carbocycles. The fraction of sp³-hybridized carbons (Fsp3) is 0.133. The Kier molecular flexibility index (Phi) is 4.53. The van der Waals surface area contributed by atoms with Gasteiger partial charge in [0.1, 0.15) is 17.8 Å². The molecule has 0 spiro atoms. The summed E-state index contributed by atoms with van der Waals surface area (Å²) in [5.74, 6) is 1.87. The molecule has 7 nitrogen and oxygen atoms in total. The van der Waals surface area contributed by atoms with E-state index in [1.165, 1.54) is 17.7 Å². The van der Waals surface area contributed by atoms with E-state index >= 15 is 0 Å². The largest absolute Gasteiger partial charge is 0.494 e. The number of hydrogen-bond acceptors (Lipinski definition) is 8. The third-order valence-electron chi connectivity index (χ3n) is 2.97. The average Bonchev–Trinajstić information content (AvgIpc) is 3.06. The summed E-state index contributed by atoms with van der Waals surface area (Å²) in [4.78, 5) is 12.5. The summed E-state index contributed by atoms with van der Waals surface area (Å²) in [6.45, 7) is 2.59. The molecule has 2 aromatic heterocycles. The minimum atomic E-state index is 0.427. The predicted molar refractivity (Wildman–Crippen MR) is 92.7 cm³/mol. The Morgan fingerprint density at radius 3 is 2.48 bits per heavy atom. The minimum Gasteiger partial charge on any atom is -0.494 e. The van der Waals surface area contributed by atoms with Crippen LogP contribution in [0.5, 0.6) is 5.75 Å². The van der Waals surface area contributed by atoms with Crippen LogP contribution in [-0.4, -0.2) is 21.6 Å². The van der Waals surface area contributed by atoms with Crippen molar-refractivity contribution in [2.45, 2.75) is 6.92 Å². The molecule has 0 aliphatic heterocycles. The van der Waals surface area contributed by atoms with Gasteiger partial charge in [-0.05, 0) is 31.2 Å². The second-order valence-corrected chi connectivity index (χ2v) is 5.42. The van der Waals surface area contributed by atoms with Crippen LogP contribution < -0.4 is 21.1 Å². The average molecular weight is 328 g/mol. The molecule has 0 fully saturated rings. The Hall–Kier alpha value is -2.87. The Morgan fingerprint density at radius 1 is 1.09 bits per heavy atom. The van der Waals surface area contributed by atoms with E-state index < -0.39 is 0 Å². The lowest BCUT2D eigenvalue weighted by atomic mass is 10.3. The van der Waals surface area contributed by atoms with Crippen LogP contribution in [0.1, 0.15) is 6.92 Å². The van der Waals surface area contributed by atoms with Gasteiger partial charge in [0.25, 0.3) is 0 Å². The number of hydrogen-bond donors (Lipinski definition) is 3. The number of nitrogens with zero attached hydrogens (tertiary/aromatic N) is 3. The van der Waals surface area contributed by atoms with Crippen LogP contribution in [0.4, 0.5) is 28.1 Å². The number of thiazole rings is 1. The zero-order chi connectivity index (χ0) is 16.1. The molecule has 0 saturated carbocycles. The van der Waals surface area contributed by atoms with Gasteiger partial charge in [0.05, 0.1) is 6.61 Å². The van der Waals surface area contributed by atoms with E-state index in [0.29, 0.717) is 23.9 Å². The minimum absolute atomic E-state index is 0.427. The molecule has 1 aromatic carbocycles. The van der Waals surface area contributed by atoms with Crippen molar-refractivity contribution in [3.05, 3.63) is 42.2 Å². The summed E-state index contributed by atoms with van der Waals surface area (Å²) in [5, 5.41) is 8.85. The van der Waals surface area contributed by atoms with Gasteiger partial charge in [0.15, 0.2) is 16.8 Å². The predicted octanol–water partition coefficient (Wildman–Crippen LogP) is 3.40. The number of aromatic nitrogens is 3. The topological polar surface area (TPSA) is 98.0 Å². The van der Waals surface area contributed by atoms with Crippen LogP contribution in [0.2, 0.25) is 0 Å². The van der Waals surface area contributed by atoms with Crippen molar-refractivity contribution in [3.8, 4) is 5.75 Å².